The lowest BCUT2D eigenvalue weighted by Crippen LogP contribution is -2.34. The molecule has 0 aromatic heterocycles. The molecule has 9 heteroatoms. The fourth-order valence-corrected chi connectivity index (χ4v) is 4.30. The van der Waals surface area contributed by atoms with Crippen molar-refractivity contribution in [3.05, 3.63) is 29.8 Å². The third kappa shape index (κ3) is 3.83. The number of nitrogens with one attached hydrogen (secondary N) is 1. The van der Waals surface area contributed by atoms with Crippen LogP contribution in [0.3, 0.4) is 0 Å². The number of carbonyl (C=O) groups is 2. The molecule has 2 aliphatic heterocycles. The zero-order valence-corrected chi connectivity index (χ0v) is 14.7. The summed E-state index contributed by atoms with van der Waals surface area (Å²) in [5.74, 6) is -1.74. The van der Waals surface area contributed by atoms with Crippen molar-refractivity contribution in [1.29, 1.82) is 0 Å². The van der Waals surface area contributed by atoms with E-state index in [1.165, 1.54) is 12.1 Å². The molecule has 2 heterocycles. The minimum Gasteiger partial charge on any atom is -0.352 e. The summed E-state index contributed by atoms with van der Waals surface area (Å²) < 4.78 is 35.7. The fourth-order valence-electron chi connectivity index (χ4n) is 2.85. The van der Waals surface area contributed by atoms with Gasteiger partial charge >= 0.3 is 0 Å². The number of nitrogens with zero attached hydrogens (tertiary/aromatic N) is 1. The zero-order chi connectivity index (χ0) is 18.1. The molecule has 0 bridgehead atoms. The van der Waals surface area contributed by atoms with Crippen molar-refractivity contribution in [2.45, 2.75) is 25.6 Å². The van der Waals surface area contributed by atoms with E-state index in [1.54, 1.807) is 12.1 Å². The van der Waals surface area contributed by atoms with Gasteiger partial charge in [-0.05, 0) is 25.1 Å². The zero-order valence-electron chi connectivity index (χ0n) is 13.9. The molecule has 2 aliphatic rings. The van der Waals surface area contributed by atoms with E-state index in [9.17, 15) is 18.0 Å². The summed E-state index contributed by atoms with van der Waals surface area (Å²) in [7, 11) is -3.65. The van der Waals surface area contributed by atoms with Gasteiger partial charge in [0.2, 0.25) is 15.9 Å². The molecule has 1 N–H and O–H groups in total. The van der Waals surface area contributed by atoms with Gasteiger partial charge in [-0.2, -0.15) is 0 Å². The molecule has 0 atom stereocenters. The van der Waals surface area contributed by atoms with Crippen molar-refractivity contribution in [3.63, 3.8) is 0 Å². The minimum absolute atomic E-state index is 0.0443. The van der Waals surface area contributed by atoms with Crippen LogP contribution in [0.1, 0.15) is 30.1 Å². The monoisotopic (exact) mass is 368 g/mol. The number of hydrogen-bond donors (Lipinski definition) is 1. The first-order chi connectivity index (χ1) is 11.8. The quantitative estimate of drug-likeness (QED) is 0.818. The standard InChI is InChI=1S/C16H20N2O6S/c1-16(23-8-9-24-16)6-7-17-15(20)12-3-2-4-13(11-12)18-14(19)5-10-25(18,21)22/h2-4,11H,5-10H2,1H3,(H,17,20). The fraction of sp³-hybridized carbons (Fsp3) is 0.500. The van der Waals surface area contributed by atoms with Gasteiger partial charge in [0.1, 0.15) is 0 Å². The molecule has 8 nitrogen and oxygen atoms in total. The van der Waals surface area contributed by atoms with Gasteiger partial charge in [-0.15, -0.1) is 0 Å². The van der Waals surface area contributed by atoms with Crippen molar-refractivity contribution in [3.8, 4) is 0 Å². The van der Waals surface area contributed by atoms with Gasteiger partial charge in [0.05, 0.1) is 24.7 Å². The lowest BCUT2D eigenvalue weighted by Gasteiger charge is -2.22. The predicted molar refractivity (Wildman–Crippen MR) is 89.6 cm³/mol. The second kappa shape index (κ2) is 6.74. The molecule has 0 unspecified atom stereocenters. The number of benzene rings is 1. The second-order valence-corrected chi connectivity index (χ2v) is 8.05. The number of sulfonamides is 1. The van der Waals surface area contributed by atoms with Crippen LogP contribution in [-0.4, -0.2) is 51.5 Å². The maximum absolute atomic E-state index is 12.3. The molecule has 136 valence electrons. The molecule has 0 radical (unpaired) electrons. The Bertz CT molecular complexity index is 786. The van der Waals surface area contributed by atoms with Gasteiger partial charge in [0.15, 0.2) is 5.79 Å². The molecule has 0 saturated carbocycles. The van der Waals surface area contributed by atoms with Crippen molar-refractivity contribution >= 4 is 27.5 Å². The number of rotatable bonds is 5. The smallest absolute Gasteiger partial charge is 0.251 e. The van der Waals surface area contributed by atoms with Gasteiger partial charge in [0, 0.05) is 24.9 Å². The first-order valence-corrected chi connectivity index (χ1v) is 9.64. The summed E-state index contributed by atoms with van der Waals surface area (Å²) in [6, 6.07) is 6.02. The van der Waals surface area contributed by atoms with E-state index in [4.69, 9.17) is 9.47 Å². The Morgan fingerprint density at radius 3 is 2.68 bits per heavy atom. The first-order valence-electron chi connectivity index (χ1n) is 8.03. The lowest BCUT2D eigenvalue weighted by molar-refractivity contribution is -0.145. The molecule has 0 aliphatic carbocycles. The molecule has 25 heavy (non-hydrogen) atoms. The van der Waals surface area contributed by atoms with Crippen LogP contribution in [0.2, 0.25) is 0 Å². The summed E-state index contributed by atoms with van der Waals surface area (Å²) in [6.07, 6.45) is 0.453. The van der Waals surface area contributed by atoms with E-state index in [-0.39, 0.29) is 29.3 Å². The van der Waals surface area contributed by atoms with E-state index < -0.39 is 21.7 Å². The highest BCUT2D eigenvalue weighted by Crippen LogP contribution is 2.26. The van der Waals surface area contributed by atoms with Gasteiger partial charge in [-0.25, -0.2) is 12.7 Å². The normalized spacial score (nSPS) is 21.5. The van der Waals surface area contributed by atoms with Crippen LogP contribution in [0.4, 0.5) is 5.69 Å². The van der Waals surface area contributed by atoms with Crippen molar-refractivity contribution in [2.75, 3.05) is 29.8 Å². The number of amides is 2. The summed E-state index contributed by atoms with van der Waals surface area (Å²) in [5, 5.41) is 2.75. The van der Waals surface area contributed by atoms with Crippen LogP contribution < -0.4 is 9.62 Å². The van der Waals surface area contributed by atoms with Gasteiger partial charge in [0.25, 0.3) is 5.91 Å². The minimum atomic E-state index is -3.65. The van der Waals surface area contributed by atoms with Gasteiger partial charge < -0.3 is 14.8 Å². The Balaban J connectivity index is 1.67. The lowest BCUT2D eigenvalue weighted by atomic mass is 10.1. The van der Waals surface area contributed by atoms with Crippen LogP contribution >= 0.6 is 0 Å². The largest absolute Gasteiger partial charge is 0.352 e. The molecule has 2 amide bonds. The molecule has 1 aromatic rings. The second-order valence-electron chi connectivity index (χ2n) is 6.11. The highest BCUT2D eigenvalue weighted by molar-refractivity contribution is 7.94. The molecule has 1 aromatic carbocycles. The average molecular weight is 368 g/mol. The highest BCUT2D eigenvalue weighted by atomic mass is 32.2. The van der Waals surface area contributed by atoms with Crippen LogP contribution in [-0.2, 0) is 24.3 Å². The van der Waals surface area contributed by atoms with Gasteiger partial charge in [-0.3, -0.25) is 9.59 Å². The number of carbonyl (C=O) groups excluding carboxylic acids is 2. The highest BCUT2D eigenvalue weighted by Gasteiger charge is 2.36. The molecule has 2 saturated heterocycles. The van der Waals surface area contributed by atoms with Crippen molar-refractivity contribution in [1.82, 2.24) is 5.32 Å². The third-order valence-electron chi connectivity index (χ3n) is 4.18. The molecular weight excluding hydrogens is 348 g/mol. The van der Waals surface area contributed by atoms with Crippen LogP contribution in [0.25, 0.3) is 0 Å². The number of anilines is 1. The van der Waals surface area contributed by atoms with Crippen LogP contribution in [0.5, 0.6) is 0 Å². The van der Waals surface area contributed by atoms with E-state index in [2.05, 4.69) is 5.32 Å². The van der Waals surface area contributed by atoms with E-state index in [0.717, 1.165) is 4.31 Å². The Hall–Kier alpha value is -1.97. The van der Waals surface area contributed by atoms with E-state index in [1.807, 2.05) is 6.92 Å². The SMILES string of the molecule is CC1(CCNC(=O)c2cccc(N3C(=O)CCS3(=O)=O)c2)OCCO1. The topological polar surface area (TPSA) is 102 Å². The molecule has 3 rings (SSSR count). The number of ether oxygens (including phenoxy) is 2. The summed E-state index contributed by atoms with van der Waals surface area (Å²) in [5.41, 5.74) is 0.468. The van der Waals surface area contributed by atoms with Crippen molar-refractivity contribution in [2.24, 2.45) is 0 Å². The van der Waals surface area contributed by atoms with E-state index >= 15 is 0 Å². The molecule has 2 fully saturated rings. The van der Waals surface area contributed by atoms with Crippen LogP contribution in [0.15, 0.2) is 24.3 Å². The molecular formula is C16H20N2O6S. The molecule has 0 spiro atoms. The summed E-state index contributed by atoms with van der Waals surface area (Å²) in [6.45, 7) is 3.23. The van der Waals surface area contributed by atoms with Crippen LogP contribution in [0, 0.1) is 0 Å². The third-order valence-corrected chi connectivity index (χ3v) is 5.88. The number of hydrogen-bond acceptors (Lipinski definition) is 6. The Labute approximate surface area is 146 Å². The van der Waals surface area contributed by atoms with Gasteiger partial charge in [-0.1, -0.05) is 6.07 Å². The summed E-state index contributed by atoms with van der Waals surface area (Å²) >= 11 is 0. The Morgan fingerprint density at radius 1 is 1.32 bits per heavy atom. The maximum atomic E-state index is 12.3. The average Bonchev–Trinajstić information content (AvgIpc) is 3.11. The Kier molecular flexibility index (Phi) is 4.81. The van der Waals surface area contributed by atoms with Crippen molar-refractivity contribution < 1.29 is 27.5 Å². The maximum Gasteiger partial charge on any atom is 0.251 e. The summed E-state index contributed by atoms with van der Waals surface area (Å²) in [4.78, 5) is 24.1. The van der Waals surface area contributed by atoms with E-state index in [0.29, 0.717) is 26.2 Å². The predicted octanol–water partition coefficient (Wildman–Crippen LogP) is 0.636. The first kappa shape index (κ1) is 17.8. The Morgan fingerprint density at radius 2 is 2.04 bits per heavy atom.